The second-order valence-corrected chi connectivity index (χ2v) is 5.24. The standard InChI is InChI=1S/C14H21NO9/c1-6(16)15-11-10(5-21-7(2)17)24-14(20)13(23-9(4)19)12(11)22-8(3)18/h10-14,20H,5H2,1-4H3,(H,15,16)/t10-,11-,12+,13-,14+/m1/s1. The summed E-state index contributed by atoms with van der Waals surface area (Å²) in [6.07, 6.45) is -5.22. The van der Waals surface area contributed by atoms with Crippen molar-refractivity contribution in [2.75, 3.05) is 6.61 Å². The van der Waals surface area contributed by atoms with Crippen molar-refractivity contribution in [3.63, 3.8) is 0 Å². The Morgan fingerprint density at radius 3 is 1.96 bits per heavy atom. The fraction of sp³-hybridized carbons (Fsp3) is 0.714. The molecule has 0 aromatic heterocycles. The minimum atomic E-state index is -1.64. The molecule has 136 valence electrons. The molecule has 10 nitrogen and oxygen atoms in total. The van der Waals surface area contributed by atoms with Crippen LogP contribution in [-0.2, 0) is 38.1 Å². The van der Waals surface area contributed by atoms with Crippen molar-refractivity contribution in [2.45, 2.75) is 58.3 Å². The van der Waals surface area contributed by atoms with Crippen molar-refractivity contribution >= 4 is 23.8 Å². The number of aliphatic hydroxyl groups excluding tert-OH is 1. The lowest BCUT2D eigenvalue weighted by Gasteiger charge is -2.43. The number of aliphatic hydroxyl groups is 1. The molecule has 10 heteroatoms. The molecule has 5 atom stereocenters. The minimum absolute atomic E-state index is 0.304. The van der Waals surface area contributed by atoms with Crippen LogP contribution in [0.15, 0.2) is 0 Å². The molecule has 1 heterocycles. The average Bonchev–Trinajstić information content (AvgIpc) is 2.42. The van der Waals surface area contributed by atoms with Crippen LogP contribution in [-0.4, -0.2) is 66.2 Å². The predicted molar refractivity (Wildman–Crippen MR) is 76.2 cm³/mol. The molecule has 0 aromatic rings. The van der Waals surface area contributed by atoms with Gasteiger partial charge in [0, 0.05) is 27.7 Å². The summed E-state index contributed by atoms with van der Waals surface area (Å²) in [5.41, 5.74) is 0. The van der Waals surface area contributed by atoms with Gasteiger partial charge in [-0.1, -0.05) is 0 Å². The SMILES string of the molecule is CC(=O)N[C@H]1[C@H](OC(C)=O)[C@@H](OC(C)=O)[C@@H](O)O[C@@H]1COC(C)=O. The first-order chi connectivity index (χ1) is 11.1. The first-order valence-corrected chi connectivity index (χ1v) is 7.20. The molecular weight excluding hydrogens is 326 g/mol. The number of esters is 3. The maximum atomic E-state index is 11.5. The zero-order valence-corrected chi connectivity index (χ0v) is 13.8. The topological polar surface area (TPSA) is 137 Å². The van der Waals surface area contributed by atoms with E-state index in [1.807, 2.05) is 0 Å². The summed E-state index contributed by atoms with van der Waals surface area (Å²) in [5, 5.41) is 12.5. The van der Waals surface area contributed by atoms with Crippen LogP contribution in [0.25, 0.3) is 0 Å². The molecule has 0 unspecified atom stereocenters. The van der Waals surface area contributed by atoms with Crippen molar-refractivity contribution < 1.29 is 43.2 Å². The van der Waals surface area contributed by atoms with Gasteiger partial charge in [0.05, 0.1) is 6.04 Å². The van der Waals surface area contributed by atoms with E-state index < -0.39 is 54.5 Å². The summed E-state index contributed by atoms with van der Waals surface area (Å²) in [4.78, 5) is 45.0. The molecular formula is C14H21NO9. The van der Waals surface area contributed by atoms with Gasteiger partial charge in [0.2, 0.25) is 5.91 Å². The molecule has 1 amide bonds. The van der Waals surface area contributed by atoms with Crippen molar-refractivity contribution in [1.82, 2.24) is 5.32 Å². The largest absolute Gasteiger partial charge is 0.463 e. The summed E-state index contributed by atoms with van der Waals surface area (Å²) in [6.45, 7) is 4.33. The van der Waals surface area contributed by atoms with Crippen LogP contribution in [0.5, 0.6) is 0 Å². The predicted octanol–water partition coefficient (Wildman–Crippen LogP) is -1.37. The lowest BCUT2D eigenvalue weighted by molar-refractivity contribution is -0.272. The van der Waals surface area contributed by atoms with E-state index in [9.17, 15) is 24.3 Å². The Labute approximate surface area is 138 Å². The molecule has 0 aromatic carbocycles. The van der Waals surface area contributed by atoms with Crippen molar-refractivity contribution in [2.24, 2.45) is 0 Å². The van der Waals surface area contributed by atoms with Crippen LogP contribution in [0.1, 0.15) is 27.7 Å². The molecule has 24 heavy (non-hydrogen) atoms. The summed E-state index contributed by atoms with van der Waals surface area (Å²) in [7, 11) is 0. The number of rotatable bonds is 5. The monoisotopic (exact) mass is 347 g/mol. The highest BCUT2D eigenvalue weighted by Crippen LogP contribution is 2.25. The third-order valence-electron chi connectivity index (χ3n) is 3.10. The van der Waals surface area contributed by atoms with Gasteiger partial charge in [-0.05, 0) is 0 Å². The maximum absolute atomic E-state index is 11.5. The molecule has 1 rings (SSSR count). The lowest BCUT2D eigenvalue weighted by Crippen LogP contribution is -2.66. The van der Waals surface area contributed by atoms with Gasteiger partial charge < -0.3 is 29.4 Å². The molecule has 1 aliphatic heterocycles. The van der Waals surface area contributed by atoms with E-state index in [0.29, 0.717) is 0 Å². The molecule has 0 bridgehead atoms. The van der Waals surface area contributed by atoms with E-state index in [4.69, 9.17) is 18.9 Å². The lowest BCUT2D eigenvalue weighted by atomic mass is 9.95. The van der Waals surface area contributed by atoms with Gasteiger partial charge in [0.15, 0.2) is 18.5 Å². The maximum Gasteiger partial charge on any atom is 0.303 e. The highest BCUT2D eigenvalue weighted by atomic mass is 16.7. The van der Waals surface area contributed by atoms with Crippen molar-refractivity contribution in [3.05, 3.63) is 0 Å². The van der Waals surface area contributed by atoms with Gasteiger partial charge in [0.25, 0.3) is 0 Å². The number of carbonyl (C=O) groups is 4. The van der Waals surface area contributed by atoms with Crippen LogP contribution in [0.4, 0.5) is 0 Å². The summed E-state index contributed by atoms with van der Waals surface area (Å²) in [5.74, 6) is -2.53. The Balaban J connectivity index is 3.11. The molecule has 1 saturated heterocycles. The number of carbonyl (C=O) groups excluding carboxylic acids is 4. The van der Waals surface area contributed by atoms with E-state index in [1.165, 1.54) is 13.8 Å². The van der Waals surface area contributed by atoms with Gasteiger partial charge in [0.1, 0.15) is 12.7 Å². The van der Waals surface area contributed by atoms with Crippen LogP contribution in [0, 0.1) is 0 Å². The molecule has 0 aliphatic carbocycles. The first kappa shape index (κ1) is 19.8. The van der Waals surface area contributed by atoms with Crippen molar-refractivity contribution in [1.29, 1.82) is 0 Å². The fourth-order valence-corrected chi connectivity index (χ4v) is 2.32. The minimum Gasteiger partial charge on any atom is -0.463 e. The Morgan fingerprint density at radius 1 is 0.958 bits per heavy atom. The van der Waals surface area contributed by atoms with Gasteiger partial charge >= 0.3 is 17.9 Å². The molecule has 0 saturated carbocycles. The van der Waals surface area contributed by atoms with Crippen LogP contribution in [0.2, 0.25) is 0 Å². The Hall–Kier alpha value is -2.20. The molecule has 0 radical (unpaired) electrons. The molecule has 1 fully saturated rings. The van der Waals surface area contributed by atoms with Gasteiger partial charge in [-0.2, -0.15) is 0 Å². The number of hydrogen-bond donors (Lipinski definition) is 2. The van der Waals surface area contributed by atoms with Gasteiger partial charge in [-0.25, -0.2) is 0 Å². The number of ether oxygens (including phenoxy) is 4. The first-order valence-electron chi connectivity index (χ1n) is 7.20. The number of amides is 1. The summed E-state index contributed by atoms with van der Waals surface area (Å²) in [6, 6.07) is -1.00. The normalized spacial score (nSPS) is 29.3. The highest BCUT2D eigenvalue weighted by Gasteiger charge is 2.50. The van der Waals surface area contributed by atoms with Crippen LogP contribution in [0.3, 0.4) is 0 Å². The van der Waals surface area contributed by atoms with Crippen LogP contribution >= 0.6 is 0 Å². The summed E-state index contributed by atoms with van der Waals surface area (Å²) >= 11 is 0. The summed E-state index contributed by atoms with van der Waals surface area (Å²) < 4.78 is 20.2. The van der Waals surface area contributed by atoms with E-state index >= 15 is 0 Å². The fourth-order valence-electron chi connectivity index (χ4n) is 2.32. The van der Waals surface area contributed by atoms with E-state index in [-0.39, 0.29) is 6.61 Å². The Morgan fingerprint density at radius 2 is 1.50 bits per heavy atom. The van der Waals surface area contributed by atoms with Crippen molar-refractivity contribution in [3.8, 4) is 0 Å². The highest BCUT2D eigenvalue weighted by molar-refractivity contribution is 5.73. The number of hydrogen-bond acceptors (Lipinski definition) is 9. The Bertz CT molecular complexity index is 506. The van der Waals surface area contributed by atoms with E-state index in [0.717, 1.165) is 13.8 Å². The molecule has 2 N–H and O–H groups in total. The van der Waals surface area contributed by atoms with E-state index in [1.54, 1.807) is 0 Å². The third kappa shape index (κ3) is 5.78. The van der Waals surface area contributed by atoms with E-state index in [2.05, 4.69) is 5.32 Å². The third-order valence-corrected chi connectivity index (χ3v) is 3.10. The molecule has 1 aliphatic rings. The Kier molecular flexibility index (Phi) is 7.11. The van der Waals surface area contributed by atoms with Crippen LogP contribution < -0.4 is 5.32 Å². The number of nitrogens with one attached hydrogen (secondary N) is 1. The smallest absolute Gasteiger partial charge is 0.303 e. The zero-order chi connectivity index (χ0) is 18.4. The zero-order valence-electron chi connectivity index (χ0n) is 13.8. The second kappa shape index (κ2) is 8.60. The van der Waals surface area contributed by atoms with Gasteiger partial charge in [-0.15, -0.1) is 0 Å². The second-order valence-electron chi connectivity index (χ2n) is 5.24. The quantitative estimate of drug-likeness (QED) is 0.456. The average molecular weight is 347 g/mol. The molecule has 0 spiro atoms. The van der Waals surface area contributed by atoms with Gasteiger partial charge in [-0.3, -0.25) is 19.2 Å².